The molecule has 1 aliphatic heterocycles. The lowest BCUT2D eigenvalue weighted by molar-refractivity contribution is 0.618. The summed E-state index contributed by atoms with van der Waals surface area (Å²) in [5.74, 6) is 0. The van der Waals surface area contributed by atoms with Gasteiger partial charge in [-0.25, -0.2) is 0 Å². The lowest BCUT2D eigenvalue weighted by atomic mass is 10.0. The maximum atomic E-state index is 11.3. The number of rotatable bonds is 2. The first-order valence-electron chi connectivity index (χ1n) is 5.72. The van der Waals surface area contributed by atoms with E-state index in [-0.39, 0.29) is 0 Å². The van der Waals surface area contributed by atoms with Crippen LogP contribution in [-0.4, -0.2) is 16.7 Å². The molecule has 1 aromatic rings. The highest BCUT2D eigenvalue weighted by atomic mass is 32.2. The van der Waals surface area contributed by atoms with Crippen LogP contribution in [0.3, 0.4) is 0 Å². The second-order valence-electron chi connectivity index (χ2n) is 4.16. The smallest absolute Gasteiger partial charge is 0.0745 e. The molecule has 0 amide bonds. The van der Waals surface area contributed by atoms with Crippen molar-refractivity contribution in [3.8, 4) is 0 Å². The molecule has 2 atom stereocenters. The molecule has 0 spiro atoms. The molecule has 0 radical (unpaired) electrons. The van der Waals surface area contributed by atoms with Crippen molar-refractivity contribution in [3.05, 3.63) is 29.8 Å². The van der Waals surface area contributed by atoms with Crippen LogP contribution in [0.1, 0.15) is 37.3 Å². The standard InChI is InChI=1S/C13H17NOS/c1-16(15)12-8-6-11(7-9-12)13-5-3-2-4-10-14-13/h6-10,13H,2-5H2,1H3. The van der Waals surface area contributed by atoms with Gasteiger partial charge in [0.25, 0.3) is 0 Å². The average Bonchev–Trinajstić information content (AvgIpc) is 2.57. The van der Waals surface area contributed by atoms with Gasteiger partial charge in [0.05, 0.1) is 6.04 Å². The Kier molecular flexibility index (Phi) is 3.88. The van der Waals surface area contributed by atoms with Crippen LogP contribution in [0.25, 0.3) is 0 Å². The molecule has 0 saturated carbocycles. The van der Waals surface area contributed by atoms with E-state index in [1.807, 2.05) is 18.3 Å². The summed E-state index contributed by atoms with van der Waals surface area (Å²) in [4.78, 5) is 5.46. The average molecular weight is 235 g/mol. The monoisotopic (exact) mass is 235 g/mol. The van der Waals surface area contributed by atoms with Crippen molar-refractivity contribution in [1.29, 1.82) is 0 Å². The van der Waals surface area contributed by atoms with Gasteiger partial charge in [-0.05, 0) is 43.2 Å². The van der Waals surface area contributed by atoms with Crippen LogP contribution >= 0.6 is 0 Å². The fourth-order valence-electron chi connectivity index (χ4n) is 1.98. The molecule has 0 saturated heterocycles. The Labute approximate surface area is 99.2 Å². The van der Waals surface area contributed by atoms with Crippen LogP contribution in [0.4, 0.5) is 0 Å². The minimum absolute atomic E-state index is 0.307. The van der Waals surface area contributed by atoms with Crippen molar-refractivity contribution in [3.63, 3.8) is 0 Å². The molecule has 2 unspecified atom stereocenters. The summed E-state index contributed by atoms with van der Waals surface area (Å²) in [6, 6.07) is 8.33. The van der Waals surface area contributed by atoms with Crippen molar-refractivity contribution in [2.24, 2.45) is 4.99 Å². The summed E-state index contributed by atoms with van der Waals surface area (Å²) >= 11 is 0. The highest BCUT2D eigenvalue weighted by molar-refractivity contribution is 7.84. The first-order chi connectivity index (χ1) is 7.77. The Morgan fingerprint density at radius 2 is 2.00 bits per heavy atom. The quantitative estimate of drug-likeness (QED) is 0.774. The molecule has 2 rings (SSSR count). The maximum Gasteiger partial charge on any atom is 0.0745 e. The Bertz CT molecular complexity index is 397. The Balaban J connectivity index is 2.17. The topological polar surface area (TPSA) is 29.4 Å². The van der Waals surface area contributed by atoms with E-state index in [1.165, 1.54) is 18.4 Å². The van der Waals surface area contributed by atoms with E-state index in [0.29, 0.717) is 6.04 Å². The van der Waals surface area contributed by atoms with Gasteiger partial charge in [-0.2, -0.15) is 0 Å². The van der Waals surface area contributed by atoms with Crippen LogP contribution in [0.5, 0.6) is 0 Å². The second kappa shape index (κ2) is 5.39. The van der Waals surface area contributed by atoms with Gasteiger partial charge in [-0.3, -0.25) is 9.20 Å². The molecule has 3 heteroatoms. The number of aliphatic imine (C=N–C) groups is 1. The summed E-state index contributed by atoms with van der Waals surface area (Å²) in [5.41, 5.74) is 1.24. The Hall–Kier alpha value is -0.960. The number of hydrogen-bond acceptors (Lipinski definition) is 2. The third-order valence-corrected chi connectivity index (χ3v) is 3.88. The number of benzene rings is 1. The zero-order valence-corrected chi connectivity index (χ0v) is 10.4. The fraction of sp³-hybridized carbons (Fsp3) is 0.462. The van der Waals surface area contributed by atoms with Gasteiger partial charge in [-0.15, -0.1) is 0 Å². The SMILES string of the molecule is CS(=O)c1ccc(C2CCCCC=N2)cc1. The summed E-state index contributed by atoms with van der Waals surface area (Å²) in [5, 5.41) is 0. The Morgan fingerprint density at radius 3 is 2.69 bits per heavy atom. The van der Waals surface area contributed by atoms with Crippen LogP contribution in [0.2, 0.25) is 0 Å². The molecule has 0 N–H and O–H groups in total. The molecule has 0 aliphatic carbocycles. The predicted octanol–water partition coefficient (Wildman–Crippen LogP) is 3.11. The summed E-state index contributed by atoms with van der Waals surface area (Å²) in [6.07, 6.45) is 8.48. The van der Waals surface area contributed by atoms with Crippen LogP contribution in [0, 0.1) is 0 Å². The van der Waals surface area contributed by atoms with Gasteiger partial charge in [0.2, 0.25) is 0 Å². The van der Waals surface area contributed by atoms with Crippen LogP contribution in [-0.2, 0) is 10.8 Å². The third-order valence-electron chi connectivity index (χ3n) is 2.94. The molecular weight excluding hydrogens is 218 g/mol. The van der Waals surface area contributed by atoms with Gasteiger partial charge < -0.3 is 0 Å². The van der Waals surface area contributed by atoms with Crippen molar-refractivity contribution < 1.29 is 4.21 Å². The van der Waals surface area contributed by atoms with Gasteiger partial charge in [0.1, 0.15) is 0 Å². The van der Waals surface area contributed by atoms with Crippen LogP contribution in [0.15, 0.2) is 34.2 Å². The zero-order chi connectivity index (χ0) is 11.4. The minimum atomic E-state index is -0.884. The first-order valence-corrected chi connectivity index (χ1v) is 7.28. The molecule has 0 aromatic heterocycles. The normalized spacial score (nSPS) is 22.7. The molecule has 16 heavy (non-hydrogen) atoms. The minimum Gasteiger partial charge on any atom is -0.289 e. The van der Waals surface area contributed by atoms with E-state index in [9.17, 15) is 4.21 Å². The lowest BCUT2D eigenvalue weighted by Crippen LogP contribution is -1.95. The molecule has 0 fully saturated rings. The van der Waals surface area contributed by atoms with E-state index in [0.717, 1.165) is 17.7 Å². The maximum absolute atomic E-state index is 11.3. The van der Waals surface area contributed by atoms with Crippen molar-refractivity contribution in [2.45, 2.75) is 36.6 Å². The largest absolute Gasteiger partial charge is 0.289 e. The van der Waals surface area contributed by atoms with Crippen molar-refractivity contribution >= 4 is 17.0 Å². The van der Waals surface area contributed by atoms with E-state index in [4.69, 9.17) is 0 Å². The second-order valence-corrected chi connectivity index (χ2v) is 5.53. The molecule has 1 aromatic carbocycles. The summed E-state index contributed by atoms with van der Waals surface area (Å²) < 4.78 is 11.3. The highest BCUT2D eigenvalue weighted by Gasteiger charge is 2.11. The zero-order valence-electron chi connectivity index (χ0n) is 9.56. The van der Waals surface area contributed by atoms with Gasteiger partial charge in [-0.1, -0.05) is 18.6 Å². The molecule has 1 heterocycles. The summed E-state index contributed by atoms with van der Waals surface area (Å²) in [7, 11) is -0.884. The van der Waals surface area contributed by atoms with Gasteiger partial charge in [0, 0.05) is 22.0 Å². The van der Waals surface area contributed by atoms with Crippen molar-refractivity contribution in [1.82, 2.24) is 0 Å². The Morgan fingerprint density at radius 1 is 1.25 bits per heavy atom. The van der Waals surface area contributed by atoms with E-state index in [1.54, 1.807) is 6.26 Å². The van der Waals surface area contributed by atoms with E-state index < -0.39 is 10.8 Å². The van der Waals surface area contributed by atoms with E-state index >= 15 is 0 Å². The van der Waals surface area contributed by atoms with Crippen molar-refractivity contribution in [2.75, 3.05) is 6.26 Å². The lowest BCUT2D eigenvalue weighted by Gasteiger charge is -2.10. The molecule has 86 valence electrons. The number of hydrogen-bond donors (Lipinski definition) is 0. The van der Waals surface area contributed by atoms with E-state index in [2.05, 4.69) is 17.1 Å². The molecular formula is C13H17NOS. The first kappa shape index (κ1) is 11.5. The molecule has 0 bridgehead atoms. The fourth-order valence-corrected chi connectivity index (χ4v) is 2.50. The van der Waals surface area contributed by atoms with Gasteiger partial charge in [0.15, 0.2) is 0 Å². The summed E-state index contributed by atoms with van der Waals surface area (Å²) in [6.45, 7) is 0. The number of nitrogens with zero attached hydrogens (tertiary/aromatic N) is 1. The molecule has 1 aliphatic rings. The van der Waals surface area contributed by atoms with Crippen LogP contribution < -0.4 is 0 Å². The third kappa shape index (κ3) is 2.79. The van der Waals surface area contributed by atoms with Gasteiger partial charge >= 0.3 is 0 Å². The highest BCUT2D eigenvalue weighted by Crippen LogP contribution is 2.26. The molecule has 2 nitrogen and oxygen atoms in total. The predicted molar refractivity (Wildman–Crippen MR) is 68.5 cm³/mol.